The van der Waals surface area contributed by atoms with E-state index in [9.17, 15) is 14.9 Å². The van der Waals surface area contributed by atoms with Crippen molar-refractivity contribution in [1.82, 2.24) is 15.0 Å². The first kappa shape index (κ1) is 21.4. The Bertz CT molecular complexity index is 1170. The average Bonchev–Trinajstić information content (AvgIpc) is 2.79. The number of nitrogens with zero attached hydrogens (tertiary/aromatic N) is 5. The van der Waals surface area contributed by atoms with Crippen LogP contribution < -0.4 is 10.2 Å². The fraction of sp³-hybridized carbons (Fsp3) is 0.364. The molecule has 166 valence electrons. The van der Waals surface area contributed by atoms with Crippen LogP contribution in [0, 0.1) is 23.0 Å². The Morgan fingerprint density at radius 3 is 2.94 bits per heavy atom. The van der Waals surface area contributed by atoms with Crippen molar-refractivity contribution in [3.63, 3.8) is 0 Å². The molecule has 10 nitrogen and oxygen atoms in total. The number of aromatic nitrogens is 3. The smallest absolute Gasteiger partial charge is 0.353 e. The summed E-state index contributed by atoms with van der Waals surface area (Å²) < 4.78 is 5.14. The SMILES string of the molecule is CCOC(=O)C1CCCN(c2ncnc(Nc3cccc4ccc(C)nc34)c2[N+](=O)[O-])C1. The number of ether oxygens (including phenoxy) is 1. The molecule has 3 heterocycles. The van der Waals surface area contributed by atoms with Gasteiger partial charge in [-0.15, -0.1) is 0 Å². The van der Waals surface area contributed by atoms with Crippen LogP contribution in [-0.4, -0.2) is 45.5 Å². The van der Waals surface area contributed by atoms with Crippen LogP contribution in [-0.2, 0) is 9.53 Å². The number of nitrogens with one attached hydrogen (secondary N) is 1. The number of rotatable bonds is 6. The van der Waals surface area contributed by atoms with Gasteiger partial charge in [0, 0.05) is 24.2 Å². The maximum atomic E-state index is 12.2. The molecule has 4 rings (SSSR count). The highest BCUT2D eigenvalue weighted by Crippen LogP contribution is 2.36. The highest BCUT2D eigenvalue weighted by Gasteiger charge is 2.33. The number of carbonyl (C=O) groups excluding carboxylic acids is 1. The Balaban J connectivity index is 1.70. The van der Waals surface area contributed by atoms with Gasteiger partial charge in [0.2, 0.25) is 11.6 Å². The van der Waals surface area contributed by atoms with E-state index < -0.39 is 4.92 Å². The third kappa shape index (κ3) is 4.29. The normalized spacial score (nSPS) is 16.1. The number of fused-ring (bicyclic) bond motifs is 1. The summed E-state index contributed by atoms with van der Waals surface area (Å²) in [7, 11) is 0. The second kappa shape index (κ2) is 9.13. The molecule has 3 aromatic rings. The number of aryl methyl sites for hydroxylation is 1. The molecule has 1 aliphatic rings. The quantitative estimate of drug-likeness (QED) is 0.349. The number of carbonyl (C=O) groups is 1. The summed E-state index contributed by atoms with van der Waals surface area (Å²) >= 11 is 0. The summed E-state index contributed by atoms with van der Waals surface area (Å²) in [6, 6.07) is 9.44. The highest BCUT2D eigenvalue weighted by atomic mass is 16.6. The van der Waals surface area contributed by atoms with Crippen LogP contribution in [0.25, 0.3) is 10.9 Å². The van der Waals surface area contributed by atoms with E-state index >= 15 is 0 Å². The van der Waals surface area contributed by atoms with Gasteiger partial charge in [0.05, 0.1) is 28.7 Å². The van der Waals surface area contributed by atoms with Gasteiger partial charge in [-0.25, -0.2) is 9.97 Å². The molecule has 0 spiro atoms. The lowest BCUT2D eigenvalue weighted by atomic mass is 9.98. The molecule has 32 heavy (non-hydrogen) atoms. The minimum atomic E-state index is -0.491. The summed E-state index contributed by atoms with van der Waals surface area (Å²) in [6.45, 7) is 4.82. The molecule has 1 aromatic carbocycles. The molecule has 0 amide bonds. The molecular formula is C22H24N6O4. The predicted octanol–water partition coefficient (Wildman–Crippen LogP) is 3.76. The number of hydrogen-bond donors (Lipinski definition) is 1. The molecule has 0 bridgehead atoms. The van der Waals surface area contributed by atoms with Crippen LogP contribution in [0.1, 0.15) is 25.5 Å². The van der Waals surface area contributed by atoms with E-state index in [2.05, 4.69) is 20.3 Å². The number of nitro groups is 1. The van der Waals surface area contributed by atoms with E-state index in [0.29, 0.717) is 43.7 Å². The van der Waals surface area contributed by atoms with Crippen LogP contribution in [0.2, 0.25) is 0 Å². The Labute approximate surface area is 184 Å². The number of pyridine rings is 1. The van der Waals surface area contributed by atoms with Crippen molar-refractivity contribution in [1.29, 1.82) is 0 Å². The van der Waals surface area contributed by atoms with Gasteiger partial charge in [-0.05, 0) is 38.8 Å². The molecule has 0 radical (unpaired) electrons. The first-order valence-electron chi connectivity index (χ1n) is 10.5. The van der Waals surface area contributed by atoms with Gasteiger partial charge in [0.1, 0.15) is 6.33 Å². The van der Waals surface area contributed by atoms with E-state index in [0.717, 1.165) is 11.1 Å². The summed E-state index contributed by atoms with van der Waals surface area (Å²) in [5, 5.41) is 16.1. The van der Waals surface area contributed by atoms with Gasteiger partial charge >= 0.3 is 11.7 Å². The zero-order valence-electron chi connectivity index (χ0n) is 17.9. The van der Waals surface area contributed by atoms with E-state index in [-0.39, 0.29) is 29.2 Å². The zero-order chi connectivity index (χ0) is 22.7. The zero-order valence-corrected chi connectivity index (χ0v) is 17.9. The third-order valence-electron chi connectivity index (χ3n) is 5.44. The third-order valence-corrected chi connectivity index (χ3v) is 5.44. The largest absolute Gasteiger partial charge is 0.466 e. The van der Waals surface area contributed by atoms with Crippen LogP contribution in [0.3, 0.4) is 0 Å². The molecule has 2 aromatic heterocycles. The summed E-state index contributed by atoms with van der Waals surface area (Å²) in [5.41, 5.74) is 1.91. The van der Waals surface area contributed by atoms with E-state index in [4.69, 9.17) is 4.74 Å². The Morgan fingerprint density at radius 2 is 2.16 bits per heavy atom. The van der Waals surface area contributed by atoms with Crippen molar-refractivity contribution in [2.75, 3.05) is 29.9 Å². The van der Waals surface area contributed by atoms with Crippen LogP contribution in [0.4, 0.5) is 23.0 Å². The fourth-order valence-corrected chi connectivity index (χ4v) is 3.96. The number of piperidine rings is 1. The monoisotopic (exact) mass is 436 g/mol. The molecule has 1 N–H and O–H groups in total. The number of para-hydroxylation sites is 1. The lowest BCUT2D eigenvalue weighted by molar-refractivity contribution is -0.383. The summed E-state index contributed by atoms with van der Waals surface area (Å²) in [6.07, 6.45) is 2.68. The van der Waals surface area contributed by atoms with Gasteiger partial charge in [0.15, 0.2) is 0 Å². The van der Waals surface area contributed by atoms with Gasteiger partial charge < -0.3 is 15.0 Å². The minimum absolute atomic E-state index is 0.0778. The number of benzene rings is 1. The molecule has 10 heteroatoms. The van der Waals surface area contributed by atoms with Crippen molar-refractivity contribution in [2.45, 2.75) is 26.7 Å². The van der Waals surface area contributed by atoms with Crippen LogP contribution in [0.5, 0.6) is 0 Å². The van der Waals surface area contributed by atoms with Crippen molar-refractivity contribution < 1.29 is 14.5 Å². The molecule has 1 saturated heterocycles. The second-order valence-electron chi connectivity index (χ2n) is 7.64. The van der Waals surface area contributed by atoms with E-state index in [1.165, 1.54) is 6.33 Å². The lowest BCUT2D eigenvalue weighted by Gasteiger charge is -2.32. The average molecular weight is 436 g/mol. The van der Waals surface area contributed by atoms with Crippen molar-refractivity contribution in [3.05, 3.63) is 52.5 Å². The van der Waals surface area contributed by atoms with Gasteiger partial charge in [-0.1, -0.05) is 18.2 Å². The fourth-order valence-electron chi connectivity index (χ4n) is 3.96. The maximum absolute atomic E-state index is 12.2. The molecule has 1 atom stereocenters. The number of anilines is 3. The van der Waals surface area contributed by atoms with E-state index in [1.807, 2.05) is 31.2 Å². The van der Waals surface area contributed by atoms with Gasteiger partial charge in [-0.2, -0.15) is 0 Å². The Hall–Kier alpha value is -3.82. The summed E-state index contributed by atoms with van der Waals surface area (Å²) in [5.74, 6) is -0.371. The molecule has 1 aliphatic heterocycles. The predicted molar refractivity (Wildman–Crippen MR) is 120 cm³/mol. The van der Waals surface area contributed by atoms with Gasteiger partial charge in [0.25, 0.3) is 0 Å². The molecule has 0 saturated carbocycles. The van der Waals surface area contributed by atoms with Crippen molar-refractivity contribution >= 4 is 39.9 Å². The maximum Gasteiger partial charge on any atom is 0.353 e. The number of esters is 1. The Kier molecular flexibility index (Phi) is 6.11. The molecule has 1 unspecified atom stereocenters. The second-order valence-corrected chi connectivity index (χ2v) is 7.64. The molecule has 0 aliphatic carbocycles. The Morgan fingerprint density at radius 1 is 1.31 bits per heavy atom. The van der Waals surface area contributed by atoms with E-state index in [1.54, 1.807) is 17.9 Å². The minimum Gasteiger partial charge on any atom is -0.466 e. The molecular weight excluding hydrogens is 412 g/mol. The lowest BCUT2D eigenvalue weighted by Crippen LogP contribution is -2.40. The van der Waals surface area contributed by atoms with Crippen LogP contribution in [0.15, 0.2) is 36.7 Å². The first-order chi connectivity index (χ1) is 15.5. The molecule has 1 fully saturated rings. The highest BCUT2D eigenvalue weighted by molar-refractivity contribution is 5.93. The van der Waals surface area contributed by atoms with Crippen LogP contribution >= 0.6 is 0 Å². The van der Waals surface area contributed by atoms with Crippen molar-refractivity contribution in [2.24, 2.45) is 5.92 Å². The number of hydrogen-bond acceptors (Lipinski definition) is 9. The van der Waals surface area contributed by atoms with Gasteiger partial charge in [-0.3, -0.25) is 19.9 Å². The summed E-state index contributed by atoms with van der Waals surface area (Å²) in [4.78, 5) is 38.5. The van der Waals surface area contributed by atoms with Crippen molar-refractivity contribution in [3.8, 4) is 0 Å². The topological polar surface area (TPSA) is 123 Å². The standard InChI is InChI=1S/C22H24N6O4/c1-3-32-22(29)16-7-5-11-27(12-16)21-19(28(30)31)20(23-13-24-21)26-17-8-4-6-15-10-9-14(2)25-18(15)17/h4,6,8-10,13,16H,3,5,7,11-12H2,1-2H3,(H,23,24,26). The first-order valence-corrected chi connectivity index (χ1v) is 10.5.